The van der Waals surface area contributed by atoms with Gasteiger partial charge in [-0.15, -0.1) is 0 Å². The Morgan fingerprint density at radius 3 is 2.56 bits per heavy atom. The normalized spacial score (nSPS) is 18.2. The standard InChI is InChI=1S/C13H21N3O2/c1-8(9-5-6-9)11(14-2)12-13(18-4)16-10(17-3)7-15-12/h7-9,11,14H,5-6H2,1-4H3. The molecule has 2 rings (SSSR count). The third kappa shape index (κ3) is 2.56. The topological polar surface area (TPSA) is 56.3 Å². The lowest BCUT2D eigenvalue weighted by Crippen LogP contribution is -2.26. The van der Waals surface area contributed by atoms with Crippen LogP contribution in [0.1, 0.15) is 31.5 Å². The van der Waals surface area contributed by atoms with Gasteiger partial charge >= 0.3 is 0 Å². The molecule has 1 aromatic heterocycles. The van der Waals surface area contributed by atoms with Crippen LogP contribution in [0, 0.1) is 11.8 Å². The minimum Gasteiger partial charge on any atom is -0.480 e. The molecule has 1 saturated carbocycles. The molecule has 18 heavy (non-hydrogen) atoms. The average Bonchev–Trinajstić information content (AvgIpc) is 3.24. The Morgan fingerprint density at radius 1 is 1.33 bits per heavy atom. The molecule has 100 valence electrons. The second-order valence-corrected chi connectivity index (χ2v) is 4.77. The molecule has 0 radical (unpaired) electrons. The van der Waals surface area contributed by atoms with E-state index in [1.807, 2.05) is 7.05 Å². The first-order valence-corrected chi connectivity index (χ1v) is 6.33. The number of hydrogen-bond donors (Lipinski definition) is 1. The van der Waals surface area contributed by atoms with Crippen molar-refractivity contribution in [1.29, 1.82) is 0 Å². The molecular weight excluding hydrogens is 230 g/mol. The lowest BCUT2D eigenvalue weighted by Gasteiger charge is -2.24. The number of methoxy groups -OCH3 is 2. The fraction of sp³-hybridized carbons (Fsp3) is 0.692. The van der Waals surface area contributed by atoms with Gasteiger partial charge in [0.15, 0.2) is 0 Å². The van der Waals surface area contributed by atoms with E-state index < -0.39 is 0 Å². The van der Waals surface area contributed by atoms with Crippen molar-refractivity contribution in [2.24, 2.45) is 11.8 Å². The molecular formula is C13H21N3O2. The summed E-state index contributed by atoms with van der Waals surface area (Å²) in [5, 5.41) is 3.33. The third-order valence-corrected chi connectivity index (χ3v) is 3.64. The highest BCUT2D eigenvalue weighted by Crippen LogP contribution is 2.43. The second-order valence-electron chi connectivity index (χ2n) is 4.77. The molecule has 2 atom stereocenters. The molecule has 5 heteroatoms. The minimum absolute atomic E-state index is 0.172. The van der Waals surface area contributed by atoms with E-state index in [-0.39, 0.29) is 6.04 Å². The van der Waals surface area contributed by atoms with E-state index in [1.54, 1.807) is 20.4 Å². The van der Waals surface area contributed by atoms with E-state index in [1.165, 1.54) is 12.8 Å². The van der Waals surface area contributed by atoms with Crippen molar-refractivity contribution < 1.29 is 9.47 Å². The molecule has 1 N–H and O–H groups in total. The van der Waals surface area contributed by atoms with Gasteiger partial charge in [-0.2, -0.15) is 4.98 Å². The molecule has 1 aliphatic carbocycles. The Morgan fingerprint density at radius 2 is 2.06 bits per heavy atom. The maximum absolute atomic E-state index is 5.33. The van der Waals surface area contributed by atoms with Crippen molar-refractivity contribution in [1.82, 2.24) is 15.3 Å². The van der Waals surface area contributed by atoms with E-state index in [0.29, 0.717) is 17.7 Å². The SMILES string of the molecule is CNC(c1ncc(OC)nc1OC)C(C)C1CC1. The summed E-state index contributed by atoms with van der Waals surface area (Å²) in [4.78, 5) is 8.74. The summed E-state index contributed by atoms with van der Waals surface area (Å²) in [6.07, 6.45) is 4.26. The Kier molecular flexibility index (Phi) is 4.01. The molecule has 5 nitrogen and oxygen atoms in total. The number of nitrogens with zero attached hydrogens (tertiary/aromatic N) is 2. The van der Waals surface area contributed by atoms with Crippen LogP contribution in [0.25, 0.3) is 0 Å². The minimum atomic E-state index is 0.172. The number of nitrogens with one attached hydrogen (secondary N) is 1. The van der Waals surface area contributed by atoms with Crippen molar-refractivity contribution >= 4 is 0 Å². The van der Waals surface area contributed by atoms with Crippen LogP contribution in [0.3, 0.4) is 0 Å². The number of hydrogen-bond acceptors (Lipinski definition) is 5. The summed E-state index contributed by atoms with van der Waals surface area (Å²) in [5.74, 6) is 2.34. The van der Waals surface area contributed by atoms with Crippen molar-refractivity contribution in [3.63, 3.8) is 0 Å². The second kappa shape index (κ2) is 5.52. The van der Waals surface area contributed by atoms with Crippen LogP contribution in [0.4, 0.5) is 0 Å². The molecule has 1 fully saturated rings. The highest BCUT2D eigenvalue weighted by molar-refractivity contribution is 5.26. The Balaban J connectivity index is 2.28. The van der Waals surface area contributed by atoms with Gasteiger partial charge in [0.05, 0.1) is 26.5 Å². The van der Waals surface area contributed by atoms with E-state index >= 15 is 0 Å². The van der Waals surface area contributed by atoms with E-state index in [2.05, 4.69) is 22.2 Å². The molecule has 1 aromatic rings. The fourth-order valence-corrected chi connectivity index (χ4v) is 2.37. The zero-order chi connectivity index (χ0) is 13.1. The third-order valence-electron chi connectivity index (χ3n) is 3.64. The summed E-state index contributed by atoms with van der Waals surface area (Å²) in [6.45, 7) is 2.25. The molecule has 0 bridgehead atoms. The Bertz CT molecular complexity index is 407. The lowest BCUT2D eigenvalue weighted by molar-refractivity contribution is 0.320. The summed E-state index contributed by atoms with van der Waals surface area (Å²) < 4.78 is 10.4. The van der Waals surface area contributed by atoms with Gasteiger partial charge in [-0.25, -0.2) is 4.98 Å². The largest absolute Gasteiger partial charge is 0.480 e. The van der Waals surface area contributed by atoms with Gasteiger partial charge in [-0.3, -0.25) is 0 Å². The fourth-order valence-electron chi connectivity index (χ4n) is 2.37. The predicted octanol–water partition coefficient (Wildman–Crippen LogP) is 1.80. The zero-order valence-corrected chi connectivity index (χ0v) is 11.4. The molecule has 2 unspecified atom stereocenters. The van der Waals surface area contributed by atoms with Gasteiger partial charge in [0.2, 0.25) is 11.8 Å². The van der Waals surface area contributed by atoms with Crippen molar-refractivity contribution in [3.8, 4) is 11.8 Å². The van der Waals surface area contributed by atoms with Gasteiger partial charge in [-0.1, -0.05) is 6.92 Å². The van der Waals surface area contributed by atoms with Crippen LogP contribution in [-0.4, -0.2) is 31.2 Å². The monoisotopic (exact) mass is 251 g/mol. The van der Waals surface area contributed by atoms with Crippen LogP contribution < -0.4 is 14.8 Å². The first kappa shape index (κ1) is 13.1. The maximum Gasteiger partial charge on any atom is 0.240 e. The molecule has 0 aliphatic heterocycles. The van der Waals surface area contributed by atoms with Crippen LogP contribution in [0.2, 0.25) is 0 Å². The number of rotatable bonds is 6. The quantitative estimate of drug-likeness (QED) is 0.835. The summed E-state index contributed by atoms with van der Waals surface area (Å²) >= 11 is 0. The van der Waals surface area contributed by atoms with Gasteiger partial charge in [0.25, 0.3) is 0 Å². The lowest BCUT2D eigenvalue weighted by atomic mass is 9.94. The smallest absolute Gasteiger partial charge is 0.240 e. The first-order chi connectivity index (χ1) is 8.71. The molecule has 0 amide bonds. The summed E-state index contributed by atoms with van der Waals surface area (Å²) in [7, 11) is 5.14. The molecule has 0 saturated heterocycles. The van der Waals surface area contributed by atoms with Crippen LogP contribution in [0.15, 0.2) is 6.20 Å². The number of aromatic nitrogens is 2. The van der Waals surface area contributed by atoms with Crippen LogP contribution in [-0.2, 0) is 0 Å². The molecule has 0 aromatic carbocycles. The highest BCUT2D eigenvalue weighted by atomic mass is 16.5. The summed E-state index contributed by atoms with van der Waals surface area (Å²) in [6, 6.07) is 0.172. The molecule has 0 spiro atoms. The van der Waals surface area contributed by atoms with E-state index in [0.717, 1.165) is 11.6 Å². The van der Waals surface area contributed by atoms with Crippen LogP contribution in [0.5, 0.6) is 11.8 Å². The predicted molar refractivity (Wildman–Crippen MR) is 68.8 cm³/mol. The number of ether oxygens (including phenoxy) is 2. The first-order valence-electron chi connectivity index (χ1n) is 6.33. The van der Waals surface area contributed by atoms with Crippen molar-refractivity contribution in [2.45, 2.75) is 25.8 Å². The van der Waals surface area contributed by atoms with E-state index in [9.17, 15) is 0 Å². The Labute approximate surface area is 108 Å². The van der Waals surface area contributed by atoms with Gasteiger partial charge < -0.3 is 14.8 Å². The zero-order valence-electron chi connectivity index (χ0n) is 11.4. The van der Waals surface area contributed by atoms with Gasteiger partial charge in [0.1, 0.15) is 5.69 Å². The van der Waals surface area contributed by atoms with Crippen molar-refractivity contribution in [3.05, 3.63) is 11.9 Å². The van der Waals surface area contributed by atoms with Gasteiger partial charge in [0, 0.05) is 0 Å². The van der Waals surface area contributed by atoms with E-state index in [4.69, 9.17) is 9.47 Å². The van der Waals surface area contributed by atoms with Crippen molar-refractivity contribution in [2.75, 3.05) is 21.3 Å². The summed E-state index contributed by atoms with van der Waals surface area (Å²) in [5.41, 5.74) is 0.861. The van der Waals surface area contributed by atoms with Crippen LogP contribution >= 0.6 is 0 Å². The highest BCUT2D eigenvalue weighted by Gasteiger charge is 2.35. The van der Waals surface area contributed by atoms with Gasteiger partial charge in [-0.05, 0) is 31.7 Å². The molecule has 1 heterocycles. The average molecular weight is 251 g/mol. The molecule has 1 aliphatic rings. The maximum atomic E-state index is 5.33. The Hall–Kier alpha value is -1.36.